The van der Waals surface area contributed by atoms with Crippen LogP contribution in [0.5, 0.6) is 17.4 Å². The van der Waals surface area contributed by atoms with Crippen LogP contribution in [-0.4, -0.2) is 28.1 Å². The zero-order valence-corrected chi connectivity index (χ0v) is 14.8. The second kappa shape index (κ2) is 6.69. The fraction of sp³-hybridized carbons (Fsp3) is 0.150. The monoisotopic (exact) mass is 400 g/mol. The maximum absolute atomic E-state index is 13.7. The van der Waals surface area contributed by atoms with Gasteiger partial charge >= 0.3 is 6.03 Å². The number of rotatable bonds is 4. The van der Waals surface area contributed by atoms with Crippen molar-refractivity contribution in [3.8, 4) is 17.4 Å². The summed E-state index contributed by atoms with van der Waals surface area (Å²) >= 11 is 0. The normalized spacial score (nSPS) is 20.8. The number of hydrogen-bond acceptors (Lipinski definition) is 5. The van der Waals surface area contributed by atoms with E-state index in [9.17, 15) is 13.6 Å². The van der Waals surface area contributed by atoms with Gasteiger partial charge in [-0.05, 0) is 30.3 Å². The molecule has 2 heterocycles. The minimum atomic E-state index is -0.843. The number of nitrogens with zero attached hydrogens (tertiary/aromatic N) is 2. The van der Waals surface area contributed by atoms with Gasteiger partial charge in [0.1, 0.15) is 35.6 Å². The van der Waals surface area contributed by atoms with Gasteiger partial charge in [0.15, 0.2) is 0 Å². The third-order valence-corrected chi connectivity index (χ3v) is 4.81. The summed E-state index contributed by atoms with van der Waals surface area (Å²) in [6.45, 7) is 0. The van der Waals surface area contributed by atoms with Gasteiger partial charge in [-0.1, -0.05) is 0 Å². The van der Waals surface area contributed by atoms with E-state index in [0.717, 1.165) is 17.4 Å². The number of benzene rings is 2. The fourth-order valence-electron chi connectivity index (χ4n) is 3.44. The van der Waals surface area contributed by atoms with Crippen molar-refractivity contribution in [1.82, 2.24) is 15.3 Å². The van der Waals surface area contributed by atoms with E-state index < -0.39 is 17.7 Å². The average Bonchev–Trinajstić information content (AvgIpc) is 3.22. The summed E-state index contributed by atoms with van der Waals surface area (Å²) in [7, 11) is 0. The third kappa shape index (κ3) is 3.31. The molecular formula is C20H18F2N4O3. The molecule has 3 aromatic rings. The van der Waals surface area contributed by atoms with Gasteiger partial charge in [-0.3, -0.25) is 0 Å². The number of urea groups is 1. The van der Waals surface area contributed by atoms with Crippen LogP contribution in [0, 0.1) is 11.6 Å². The molecular weight excluding hydrogens is 382 g/mol. The summed E-state index contributed by atoms with van der Waals surface area (Å²) in [6.07, 6.45) is 2.78. The lowest BCUT2D eigenvalue weighted by Crippen LogP contribution is -2.34. The SMILES string of the molecule is O=C(Nc1ccc(F)cc1F)N[C@@H]1[C@H]2Oc3ccc(Oc4ccncn4)cc3[C@@H]12.[HH].[HH]. The Labute approximate surface area is 166 Å². The number of halogens is 2. The van der Waals surface area contributed by atoms with Crippen LogP contribution in [0.1, 0.15) is 14.3 Å². The van der Waals surface area contributed by atoms with Gasteiger partial charge in [0.2, 0.25) is 5.88 Å². The number of anilines is 1. The van der Waals surface area contributed by atoms with Crippen LogP contribution in [-0.2, 0) is 0 Å². The highest BCUT2D eigenvalue weighted by atomic mass is 19.1. The zero-order valence-electron chi connectivity index (χ0n) is 14.8. The van der Waals surface area contributed by atoms with Crippen molar-refractivity contribution < 1.29 is 25.9 Å². The molecule has 1 aliphatic heterocycles. The first-order valence-corrected chi connectivity index (χ1v) is 8.85. The van der Waals surface area contributed by atoms with Crippen molar-refractivity contribution >= 4 is 11.7 Å². The Morgan fingerprint density at radius 2 is 2.07 bits per heavy atom. The summed E-state index contributed by atoms with van der Waals surface area (Å²) in [5.41, 5.74) is 0.816. The largest absolute Gasteiger partial charge is 0.487 e. The van der Waals surface area contributed by atoms with E-state index in [-0.39, 0.29) is 26.6 Å². The van der Waals surface area contributed by atoms with Crippen molar-refractivity contribution in [3.05, 3.63) is 72.2 Å². The summed E-state index contributed by atoms with van der Waals surface area (Å²) in [6, 6.07) is 9.19. The molecule has 7 nitrogen and oxygen atoms in total. The van der Waals surface area contributed by atoms with Crippen molar-refractivity contribution in [3.63, 3.8) is 0 Å². The Morgan fingerprint density at radius 3 is 2.86 bits per heavy atom. The van der Waals surface area contributed by atoms with E-state index in [4.69, 9.17) is 9.47 Å². The van der Waals surface area contributed by atoms with E-state index >= 15 is 0 Å². The van der Waals surface area contributed by atoms with Crippen molar-refractivity contribution in [2.45, 2.75) is 18.1 Å². The Balaban J connectivity index is 0.00000136. The van der Waals surface area contributed by atoms with Crippen molar-refractivity contribution in [2.75, 3.05) is 5.32 Å². The topological polar surface area (TPSA) is 85.4 Å². The van der Waals surface area contributed by atoms with Gasteiger partial charge in [0, 0.05) is 26.7 Å². The molecule has 5 rings (SSSR count). The van der Waals surface area contributed by atoms with Crippen molar-refractivity contribution in [1.29, 1.82) is 0 Å². The van der Waals surface area contributed by atoms with Crippen LogP contribution in [0.15, 0.2) is 55.0 Å². The summed E-state index contributed by atoms with van der Waals surface area (Å²) in [5, 5.41) is 5.14. The standard InChI is InChI=1S/C20H14F2N4O3.2H2/c21-10-1-3-14(13(22)7-10)25-20(27)26-18-17-12-8-11(2-4-15(12)29-19(17)18)28-16-5-6-23-9-24-16;;/h1-9,17-19H,(H2,25,26,27);2*1H/t17-,18-,19-;;/m0../s1. The summed E-state index contributed by atoms with van der Waals surface area (Å²) < 4.78 is 38.2. The number of carbonyl (C=O) groups is 1. The van der Waals surface area contributed by atoms with Gasteiger partial charge in [-0.2, -0.15) is 0 Å². The molecule has 1 aromatic heterocycles. The Morgan fingerprint density at radius 1 is 1.17 bits per heavy atom. The molecule has 1 saturated carbocycles. The highest BCUT2D eigenvalue weighted by Crippen LogP contribution is 2.54. The number of nitrogens with one attached hydrogen (secondary N) is 2. The molecule has 0 saturated heterocycles. The number of amides is 2. The number of carbonyl (C=O) groups excluding carboxylic acids is 1. The number of ether oxygens (including phenoxy) is 2. The molecule has 0 unspecified atom stereocenters. The quantitative estimate of drug-likeness (QED) is 0.689. The highest BCUT2D eigenvalue weighted by Gasteiger charge is 2.59. The molecule has 2 amide bonds. The van der Waals surface area contributed by atoms with Crippen LogP contribution in [0.3, 0.4) is 0 Å². The molecule has 0 spiro atoms. The lowest BCUT2D eigenvalue weighted by molar-refractivity contribution is 0.246. The fourth-order valence-corrected chi connectivity index (χ4v) is 3.44. The van der Waals surface area contributed by atoms with E-state index in [1.54, 1.807) is 18.3 Å². The molecule has 29 heavy (non-hydrogen) atoms. The van der Waals surface area contributed by atoms with Gasteiger partial charge < -0.3 is 20.1 Å². The van der Waals surface area contributed by atoms with Crippen LogP contribution in [0.25, 0.3) is 0 Å². The summed E-state index contributed by atoms with van der Waals surface area (Å²) in [5.74, 6) is 0.164. The first-order valence-electron chi connectivity index (χ1n) is 8.85. The van der Waals surface area contributed by atoms with E-state index in [1.165, 1.54) is 12.4 Å². The van der Waals surface area contributed by atoms with Gasteiger partial charge in [0.05, 0.1) is 17.6 Å². The molecule has 9 heteroatoms. The van der Waals surface area contributed by atoms with Crippen molar-refractivity contribution in [2.24, 2.45) is 0 Å². The molecule has 1 fully saturated rings. The minimum absolute atomic E-state index is 0. The molecule has 3 atom stereocenters. The number of fused-ring (bicyclic) bond motifs is 3. The Hall–Kier alpha value is -3.75. The molecule has 0 radical (unpaired) electrons. The molecule has 2 aliphatic rings. The van der Waals surface area contributed by atoms with Crippen LogP contribution >= 0.6 is 0 Å². The second-order valence-corrected chi connectivity index (χ2v) is 6.71. The van der Waals surface area contributed by atoms with E-state index in [1.807, 2.05) is 12.1 Å². The molecule has 2 aromatic carbocycles. The molecule has 1 aliphatic carbocycles. The third-order valence-electron chi connectivity index (χ3n) is 4.81. The average molecular weight is 400 g/mol. The van der Waals surface area contributed by atoms with Gasteiger partial charge in [-0.15, -0.1) is 0 Å². The number of hydrogen-bond donors (Lipinski definition) is 2. The lowest BCUT2D eigenvalue weighted by Gasteiger charge is -2.12. The summed E-state index contributed by atoms with van der Waals surface area (Å²) in [4.78, 5) is 20.0. The highest BCUT2D eigenvalue weighted by molar-refractivity contribution is 5.90. The predicted molar refractivity (Wildman–Crippen MR) is 102 cm³/mol. The molecule has 0 bridgehead atoms. The van der Waals surface area contributed by atoms with Gasteiger partial charge in [-0.25, -0.2) is 23.5 Å². The zero-order chi connectivity index (χ0) is 20.0. The maximum Gasteiger partial charge on any atom is 0.319 e. The van der Waals surface area contributed by atoms with Crippen LogP contribution in [0.4, 0.5) is 19.3 Å². The first-order chi connectivity index (χ1) is 14.1. The second-order valence-electron chi connectivity index (χ2n) is 6.71. The first kappa shape index (κ1) is 17.4. The van der Waals surface area contributed by atoms with Gasteiger partial charge in [0.25, 0.3) is 0 Å². The van der Waals surface area contributed by atoms with Crippen LogP contribution < -0.4 is 20.1 Å². The smallest absolute Gasteiger partial charge is 0.319 e. The lowest BCUT2D eigenvalue weighted by atomic mass is 10.1. The maximum atomic E-state index is 13.7. The minimum Gasteiger partial charge on any atom is -0.487 e. The van der Waals surface area contributed by atoms with Crippen LogP contribution in [0.2, 0.25) is 0 Å². The van der Waals surface area contributed by atoms with E-state index in [2.05, 4.69) is 20.6 Å². The predicted octanol–water partition coefficient (Wildman–Crippen LogP) is 4.09. The molecule has 2 N–H and O–H groups in total. The Kier molecular flexibility index (Phi) is 4.01. The van der Waals surface area contributed by atoms with E-state index in [0.29, 0.717) is 17.7 Å². The molecule has 150 valence electrons. The number of aromatic nitrogens is 2. The Bertz CT molecular complexity index is 1110.